The second-order valence-corrected chi connectivity index (χ2v) is 6.45. The van der Waals surface area contributed by atoms with Gasteiger partial charge in [0.2, 0.25) is 10.0 Å². The molecule has 100 valence electrons. The monoisotopic (exact) mass is 270 g/mol. The van der Waals surface area contributed by atoms with Gasteiger partial charge in [-0.25, -0.2) is 8.42 Å². The normalized spacial score (nSPS) is 22.0. The molecule has 0 radical (unpaired) electrons. The molecule has 1 heterocycles. The second kappa shape index (κ2) is 5.36. The molecule has 1 atom stereocenters. The van der Waals surface area contributed by atoms with Crippen molar-refractivity contribution in [3.05, 3.63) is 29.8 Å². The van der Waals surface area contributed by atoms with E-state index in [1.165, 1.54) is 4.31 Å². The number of piperazine rings is 1. The Hall–Kier alpha value is -0.950. The number of rotatable bonds is 3. The van der Waals surface area contributed by atoms with Crippen molar-refractivity contribution in [3.63, 3.8) is 0 Å². The smallest absolute Gasteiger partial charge is 0.243 e. The average Bonchev–Trinajstić information content (AvgIpc) is 2.39. The van der Waals surface area contributed by atoms with Crippen LogP contribution in [-0.2, 0) is 10.0 Å². The molecule has 1 fully saturated rings. The molecule has 1 aromatic rings. The molecule has 0 bridgehead atoms. The van der Waals surface area contributed by atoms with Crippen molar-refractivity contribution in [2.75, 3.05) is 26.2 Å². The van der Waals surface area contributed by atoms with E-state index in [0.717, 1.165) is 5.56 Å². The zero-order chi connectivity index (χ0) is 13.2. The zero-order valence-corrected chi connectivity index (χ0v) is 11.2. The van der Waals surface area contributed by atoms with E-state index < -0.39 is 10.0 Å². The van der Waals surface area contributed by atoms with Crippen LogP contribution in [0.25, 0.3) is 0 Å². The lowest BCUT2D eigenvalue weighted by Crippen LogP contribution is -2.53. The van der Waals surface area contributed by atoms with Gasteiger partial charge >= 0.3 is 0 Å². The Kier molecular flexibility index (Phi) is 4.01. The van der Waals surface area contributed by atoms with Gasteiger partial charge in [-0.3, -0.25) is 0 Å². The van der Waals surface area contributed by atoms with Crippen molar-refractivity contribution in [1.82, 2.24) is 9.62 Å². The van der Waals surface area contributed by atoms with E-state index in [0.29, 0.717) is 24.5 Å². The SMILES string of the molecule is Cc1ccc(S(=O)(=O)N2CCNC(CO)C2)cc1. The van der Waals surface area contributed by atoms with E-state index in [4.69, 9.17) is 5.11 Å². The van der Waals surface area contributed by atoms with E-state index >= 15 is 0 Å². The first-order chi connectivity index (χ1) is 8.54. The van der Waals surface area contributed by atoms with Crippen molar-refractivity contribution in [1.29, 1.82) is 0 Å². The standard InChI is InChI=1S/C12H18N2O3S/c1-10-2-4-12(5-3-10)18(16,17)14-7-6-13-11(8-14)9-15/h2-5,11,13,15H,6-9H2,1H3. The molecule has 1 aromatic carbocycles. The summed E-state index contributed by atoms with van der Waals surface area (Å²) in [5.41, 5.74) is 1.03. The number of aryl methyl sites for hydroxylation is 1. The van der Waals surface area contributed by atoms with E-state index in [9.17, 15) is 8.42 Å². The van der Waals surface area contributed by atoms with E-state index in [1.807, 2.05) is 6.92 Å². The first-order valence-electron chi connectivity index (χ1n) is 5.95. The number of nitrogens with zero attached hydrogens (tertiary/aromatic N) is 1. The van der Waals surface area contributed by atoms with Gasteiger partial charge in [0.25, 0.3) is 0 Å². The van der Waals surface area contributed by atoms with Crippen molar-refractivity contribution in [2.45, 2.75) is 17.9 Å². The van der Waals surface area contributed by atoms with E-state index in [1.54, 1.807) is 24.3 Å². The number of benzene rings is 1. The molecule has 1 saturated heterocycles. The predicted molar refractivity (Wildman–Crippen MR) is 68.8 cm³/mol. The zero-order valence-electron chi connectivity index (χ0n) is 10.3. The van der Waals surface area contributed by atoms with Crippen molar-refractivity contribution < 1.29 is 13.5 Å². The van der Waals surface area contributed by atoms with Crippen LogP contribution in [0.5, 0.6) is 0 Å². The minimum absolute atomic E-state index is 0.0556. The lowest BCUT2D eigenvalue weighted by molar-refractivity contribution is 0.195. The summed E-state index contributed by atoms with van der Waals surface area (Å²) in [5, 5.41) is 12.2. The molecule has 2 N–H and O–H groups in total. The van der Waals surface area contributed by atoms with Gasteiger partial charge < -0.3 is 10.4 Å². The quantitative estimate of drug-likeness (QED) is 0.808. The molecule has 1 aliphatic heterocycles. The molecule has 0 saturated carbocycles. The topological polar surface area (TPSA) is 69.6 Å². The van der Waals surface area contributed by atoms with Gasteiger partial charge in [-0.05, 0) is 19.1 Å². The summed E-state index contributed by atoms with van der Waals surface area (Å²) in [6.45, 7) is 3.18. The van der Waals surface area contributed by atoms with Gasteiger partial charge in [0.15, 0.2) is 0 Å². The molecule has 0 spiro atoms. The number of sulfonamides is 1. The van der Waals surface area contributed by atoms with E-state index in [-0.39, 0.29) is 12.6 Å². The first kappa shape index (κ1) is 13.5. The van der Waals surface area contributed by atoms with Crippen molar-refractivity contribution in [3.8, 4) is 0 Å². The number of nitrogens with one attached hydrogen (secondary N) is 1. The van der Waals surface area contributed by atoms with Gasteiger partial charge in [-0.1, -0.05) is 17.7 Å². The number of hydrogen-bond acceptors (Lipinski definition) is 4. The summed E-state index contributed by atoms with van der Waals surface area (Å²) >= 11 is 0. The van der Waals surface area contributed by atoms with Crippen LogP contribution in [0.1, 0.15) is 5.56 Å². The minimum Gasteiger partial charge on any atom is -0.395 e. The Morgan fingerprint density at radius 3 is 2.67 bits per heavy atom. The Labute approximate surface area is 107 Å². The third-order valence-corrected chi connectivity index (χ3v) is 4.98. The molecule has 0 aliphatic carbocycles. The van der Waals surface area contributed by atoms with Crippen molar-refractivity contribution in [2.24, 2.45) is 0 Å². The summed E-state index contributed by atoms with van der Waals surface area (Å²) in [5.74, 6) is 0. The fraction of sp³-hybridized carbons (Fsp3) is 0.500. The largest absolute Gasteiger partial charge is 0.395 e. The maximum absolute atomic E-state index is 12.4. The molecule has 0 amide bonds. The van der Waals surface area contributed by atoms with Crippen LogP contribution in [0, 0.1) is 6.92 Å². The number of aliphatic hydroxyl groups excluding tert-OH is 1. The van der Waals surface area contributed by atoms with E-state index in [2.05, 4.69) is 5.32 Å². The Bertz CT molecular complexity index is 499. The van der Waals surface area contributed by atoms with Crippen LogP contribution in [0.4, 0.5) is 0 Å². The Morgan fingerprint density at radius 2 is 2.06 bits per heavy atom. The van der Waals surface area contributed by atoms with Crippen LogP contribution >= 0.6 is 0 Å². The third-order valence-electron chi connectivity index (χ3n) is 3.10. The molecular weight excluding hydrogens is 252 g/mol. The molecule has 6 heteroatoms. The molecule has 2 rings (SSSR count). The molecule has 5 nitrogen and oxygen atoms in total. The van der Waals surface area contributed by atoms with Crippen LogP contribution in [0.2, 0.25) is 0 Å². The van der Waals surface area contributed by atoms with Gasteiger partial charge in [0.05, 0.1) is 11.5 Å². The maximum atomic E-state index is 12.4. The summed E-state index contributed by atoms with van der Waals surface area (Å²) in [7, 11) is -3.44. The summed E-state index contributed by atoms with van der Waals surface area (Å²) < 4.78 is 26.2. The van der Waals surface area contributed by atoms with Crippen molar-refractivity contribution >= 4 is 10.0 Å². The molecule has 1 aliphatic rings. The number of aliphatic hydroxyl groups is 1. The maximum Gasteiger partial charge on any atom is 0.243 e. The highest BCUT2D eigenvalue weighted by molar-refractivity contribution is 7.89. The highest BCUT2D eigenvalue weighted by Gasteiger charge is 2.29. The van der Waals surface area contributed by atoms with Crippen LogP contribution < -0.4 is 5.32 Å². The van der Waals surface area contributed by atoms with Gasteiger partial charge in [0.1, 0.15) is 0 Å². The molecule has 0 aromatic heterocycles. The van der Waals surface area contributed by atoms with Gasteiger partial charge in [0, 0.05) is 25.7 Å². The third kappa shape index (κ3) is 2.72. The average molecular weight is 270 g/mol. The van der Waals surface area contributed by atoms with Crippen LogP contribution in [-0.4, -0.2) is 50.1 Å². The second-order valence-electron chi connectivity index (χ2n) is 4.51. The first-order valence-corrected chi connectivity index (χ1v) is 7.39. The fourth-order valence-corrected chi connectivity index (χ4v) is 3.48. The Balaban J connectivity index is 2.22. The minimum atomic E-state index is -3.44. The highest BCUT2D eigenvalue weighted by Crippen LogP contribution is 2.17. The molecule has 18 heavy (non-hydrogen) atoms. The lowest BCUT2D eigenvalue weighted by atomic mass is 10.2. The van der Waals surface area contributed by atoms with Gasteiger partial charge in [-0.15, -0.1) is 0 Å². The summed E-state index contributed by atoms with van der Waals surface area (Å²) in [6, 6.07) is 6.65. The summed E-state index contributed by atoms with van der Waals surface area (Å²) in [4.78, 5) is 0.312. The highest BCUT2D eigenvalue weighted by atomic mass is 32.2. The van der Waals surface area contributed by atoms with Gasteiger partial charge in [-0.2, -0.15) is 4.31 Å². The number of hydrogen-bond donors (Lipinski definition) is 2. The molecule has 1 unspecified atom stereocenters. The van der Waals surface area contributed by atoms with Crippen LogP contribution in [0.3, 0.4) is 0 Å². The lowest BCUT2D eigenvalue weighted by Gasteiger charge is -2.31. The fourth-order valence-electron chi connectivity index (χ4n) is 1.99. The molecular formula is C12H18N2O3S. The predicted octanol–water partition coefficient (Wildman–Crippen LogP) is -0.0502. The Morgan fingerprint density at radius 1 is 1.39 bits per heavy atom. The summed E-state index contributed by atoms with van der Waals surface area (Å²) in [6.07, 6.45) is 0. The van der Waals surface area contributed by atoms with Crippen LogP contribution in [0.15, 0.2) is 29.2 Å².